The molecule has 0 unspecified atom stereocenters. The van der Waals surface area contributed by atoms with Crippen LogP contribution < -0.4 is 0 Å². The Bertz CT molecular complexity index is 482. The first-order chi connectivity index (χ1) is 11.3. The molecule has 0 heterocycles. The summed E-state index contributed by atoms with van der Waals surface area (Å²) in [5, 5.41) is 10.6. The molecule has 4 rings (SSSR count). The minimum Gasteiger partial charge on any atom is -0.390 e. The van der Waals surface area contributed by atoms with Gasteiger partial charge in [0.05, 0.1) is 5.60 Å². The fraction of sp³-hybridized carbons (Fsp3) is 1.00. The highest BCUT2D eigenvalue weighted by Crippen LogP contribution is 2.68. The fourth-order valence-electron chi connectivity index (χ4n) is 8.36. The van der Waals surface area contributed by atoms with Gasteiger partial charge in [0.2, 0.25) is 0 Å². The molecule has 1 N–H and O–H groups in total. The van der Waals surface area contributed by atoms with Gasteiger partial charge in [0.1, 0.15) is 0 Å². The second-order valence-electron chi connectivity index (χ2n) is 11.0. The average molecular weight is 333 g/mol. The van der Waals surface area contributed by atoms with Crippen molar-refractivity contribution < 1.29 is 5.11 Å². The van der Waals surface area contributed by atoms with Crippen LogP contribution >= 0.6 is 0 Å². The zero-order chi connectivity index (χ0) is 17.2. The van der Waals surface area contributed by atoms with Crippen molar-refractivity contribution in [2.24, 2.45) is 40.4 Å². The van der Waals surface area contributed by atoms with Gasteiger partial charge in [-0.3, -0.25) is 0 Å². The summed E-state index contributed by atoms with van der Waals surface area (Å²) in [6.07, 6.45) is 15.0. The SMILES string of the molecule is CCC[C@H]1CC[C@H]2[C@@H]3CC[C@H]4C[C@](C)(O)CC[C@]4(C)[C@H]3CC[C@]12C. The first-order valence-electron chi connectivity index (χ1n) is 11.0. The summed E-state index contributed by atoms with van der Waals surface area (Å²) in [6, 6.07) is 0. The Kier molecular flexibility index (Phi) is 4.15. The van der Waals surface area contributed by atoms with Crippen LogP contribution in [-0.2, 0) is 0 Å². The predicted octanol–water partition coefficient (Wildman–Crippen LogP) is 6.20. The van der Waals surface area contributed by atoms with E-state index in [1.165, 1.54) is 57.8 Å². The molecule has 0 aliphatic heterocycles. The van der Waals surface area contributed by atoms with Crippen LogP contribution in [0.5, 0.6) is 0 Å². The van der Waals surface area contributed by atoms with Gasteiger partial charge < -0.3 is 5.11 Å². The van der Waals surface area contributed by atoms with Gasteiger partial charge in [0.25, 0.3) is 0 Å². The number of fused-ring (bicyclic) bond motifs is 5. The van der Waals surface area contributed by atoms with Crippen molar-refractivity contribution in [1.82, 2.24) is 0 Å². The predicted molar refractivity (Wildman–Crippen MR) is 101 cm³/mol. The van der Waals surface area contributed by atoms with Gasteiger partial charge in [-0.2, -0.15) is 0 Å². The highest BCUT2D eigenvalue weighted by atomic mass is 16.3. The maximum atomic E-state index is 10.6. The zero-order valence-electron chi connectivity index (χ0n) is 16.6. The van der Waals surface area contributed by atoms with Crippen LogP contribution in [0.4, 0.5) is 0 Å². The molecule has 0 radical (unpaired) electrons. The van der Waals surface area contributed by atoms with E-state index in [1.54, 1.807) is 0 Å². The van der Waals surface area contributed by atoms with Crippen molar-refractivity contribution in [3.63, 3.8) is 0 Å². The zero-order valence-corrected chi connectivity index (χ0v) is 16.6. The van der Waals surface area contributed by atoms with Crippen molar-refractivity contribution in [3.8, 4) is 0 Å². The minimum atomic E-state index is -0.389. The molecule has 0 aromatic heterocycles. The highest BCUT2D eigenvalue weighted by molar-refractivity contribution is 5.10. The molecule has 0 saturated heterocycles. The summed E-state index contributed by atoms with van der Waals surface area (Å²) in [5.41, 5.74) is 0.787. The number of rotatable bonds is 2. The minimum absolute atomic E-state index is 0.389. The maximum absolute atomic E-state index is 10.6. The smallest absolute Gasteiger partial charge is 0.0622 e. The Morgan fingerprint density at radius 3 is 2.33 bits per heavy atom. The van der Waals surface area contributed by atoms with E-state index in [0.29, 0.717) is 10.8 Å². The molecule has 4 aliphatic carbocycles. The Hall–Kier alpha value is -0.0400. The summed E-state index contributed by atoms with van der Waals surface area (Å²) < 4.78 is 0. The Morgan fingerprint density at radius 2 is 1.58 bits per heavy atom. The fourth-order valence-corrected chi connectivity index (χ4v) is 8.36. The maximum Gasteiger partial charge on any atom is 0.0622 e. The molecular weight excluding hydrogens is 292 g/mol. The van der Waals surface area contributed by atoms with E-state index >= 15 is 0 Å². The van der Waals surface area contributed by atoms with Gasteiger partial charge in [0, 0.05) is 0 Å². The third kappa shape index (κ3) is 2.43. The van der Waals surface area contributed by atoms with Crippen molar-refractivity contribution >= 4 is 0 Å². The van der Waals surface area contributed by atoms with Gasteiger partial charge in [-0.15, -0.1) is 0 Å². The molecule has 0 bridgehead atoms. The molecule has 1 nitrogen and oxygen atoms in total. The summed E-state index contributed by atoms with van der Waals surface area (Å²) in [7, 11) is 0. The van der Waals surface area contributed by atoms with E-state index in [4.69, 9.17) is 0 Å². The summed E-state index contributed by atoms with van der Waals surface area (Å²) >= 11 is 0. The first-order valence-corrected chi connectivity index (χ1v) is 11.0. The second kappa shape index (κ2) is 5.73. The third-order valence-electron chi connectivity index (χ3n) is 9.79. The highest BCUT2D eigenvalue weighted by Gasteiger charge is 2.60. The normalized spacial score (nSPS) is 57.1. The van der Waals surface area contributed by atoms with E-state index in [9.17, 15) is 5.11 Å². The first kappa shape index (κ1) is 17.4. The number of aliphatic hydroxyl groups is 1. The Morgan fingerprint density at radius 1 is 0.833 bits per heavy atom. The number of hydrogen-bond acceptors (Lipinski definition) is 1. The Balaban J connectivity index is 1.58. The molecule has 0 spiro atoms. The van der Waals surface area contributed by atoms with Crippen LogP contribution in [0.1, 0.15) is 98.3 Å². The van der Waals surface area contributed by atoms with Crippen LogP contribution in [0.25, 0.3) is 0 Å². The largest absolute Gasteiger partial charge is 0.390 e. The average Bonchev–Trinajstić information content (AvgIpc) is 2.85. The third-order valence-corrected chi connectivity index (χ3v) is 9.79. The molecule has 1 heteroatoms. The van der Waals surface area contributed by atoms with Gasteiger partial charge >= 0.3 is 0 Å². The van der Waals surface area contributed by atoms with Crippen molar-refractivity contribution in [1.29, 1.82) is 0 Å². The lowest BCUT2D eigenvalue weighted by Gasteiger charge is -2.62. The second-order valence-corrected chi connectivity index (χ2v) is 11.0. The van der Waals surface area contributed by atoms with Gasteiger partial charge in [-0.25, -0.2) is 0 Å². The topological polar surface area (TPSA) is 20.2 Å². The van der Waals surface area contributed by atoms with E-state index in [0.717, 1.165) is 42.4 Å². The lowest BCUT2D eigenvalue weighted by molar-refractivity contribution is -0.146. The van der Waals surface area contributed by atoms with Crippen LogP contribution in [0, 0.1) is 40.4 Å². The van der Waals surface area contributed by atoms with Gasteiger partial charge in [-0.1, -0.05) is 33.6 Å². The van der Waals surface area contributed by atoms with Crippen molar-refractivity contribution in [2.45, 2.75) is 104 Å². The molecule has 0 aromatic rings. The Labute approximate surface area is 150 Å². The van der Waals surface area contributed by atoms with Crippen LogP contribution in [-0.4, -0.2) is 10.7 Å². The lowest BCUT2D eigenvalue weighted by atomic mass is 9.44. The van der Waals surface area contributed by atoms with Crippen LogP contribution in [0.15, 0.2) is 0 Å². The van der Waals surface area contributed by atoms with Gasteiger partial charge in [-0.05, 0) is 105 Å². The molecule has 138 valence electrons. The monoisotopic (exact) mass is 332 g/mol. The summed E-state index contributed by atoms with van der Waals surface area (Å²) in [4.78, 5) is 0. The molecule has 4 saturated carbocycles. The lowest BCUT2D eigenvalue weighted by Crippen LogP contribution is -2.55. The molecule has 0 aromatic carbocycles. The van der Waals surface area contributed by atoms with E-state index in [-0.39, 0.29) is 5.60 Å². The molecule has 8 atom stereocenters. The number of hydrogen-bond donors (Lipinski definition) is 1. The van der Waals surface area contributed by atoms with E-state index < -0.39 is 0 Å². The molecule has 4 fully saturated rings. The summed E-state index contributed by atoms with van der Waals surface area (Å²) in [5.74, 6) is 4.74. The van der Waals surface area contributed by atoms with Crippen LogP contribution in [0.3, 0.4) is 0 Å². The standard InChI is InChI=1S/C23H40O/c1-5-6-16-8-10-19-18-9-7-17-15-21(2,24)13-14-23(17,4)20(18)11-12-22(16,19)3/h16-20,24H,5-15H2,1-4H3/t16-,17-,18-,19-,20-,21+,22+,23-/m0/s1. The molecular formula is C23H40O. The molecule has 24 heavy (non-hydrogen) atoms. The molecule has 4 aliphatic rings. The summed E-state index contributed by atoms with van der Waals surface area (Å²) in [6.45, 7) is 9.75. The molecule has 0 amide bonds. The van der Waals surface area contributed by atoms with Gasteiger partial charge in [0.15, 0.2) is 0 Å². The van der Waals surface area contributed by atoms with Crippen molar-refractivity contribution in [2.75, 3.05) is 0 Å². The van der Waals surface area contributed by atoms with E-state index in [1.807, 2.05) is 0 Å². The van der Waals surface area contributed by atoms with Crippen LogP contribution in [0.2, 0.25) is 0 Å². The quantitative estimate of drug-likeness (QED) is 0.638. The van der Waals surface area contributed by atoms with Crippen molar-refractivity contribution in [3.05, 3.63) is 0 Å². The van der Waals surface area contributed by atoms with E-state index in [2.05, 4.69) is 27.7 Å².